The highest BCUT2D eigenvalue weighted by molar-refractivity contribution is 4.91. The molecular weight excluding hydrogens is 184 g/mol. The molecule has 0 aliphatic carbocycles. The second-order valence-electron chi connectivity index (χ2n) is 4.31. The third-order valence-electron chi connectivity index (χ3n) is 3.00. The van der Waals surface area contributed by atoms with Crippen molar-refractivity contribution in [2.45, 2.75) is 37.6 Å². The Morgan fingerprint density at radius 1 is 1.14 bits per heavy atom. The van der Waals surface area contributed by atoms with E-state index in [1.54, 1.807) is 0 Å². The summed E-state index contributed by atoms with van der Waals surface area (Å²) in [6, 6.07) is 0. The number of epoxide rings is 1. The van der Waals surface area contributed by atoms with Crippen molar-refractivity contribution in [2.75, 3.05) is 26.4 Å². The smallest absolute Gasteiger partial charge is 0.165 e. The summed E-state index contributed by atoms with van der Waals surface area (Å²) < 4.78 is 16.2. The Bertz CT molecular complexity index is 194. The molecule has 0 bridgehead atoms. The molecule has 0 aromatic carbocycles. The van der Waals surface area contributed by atoms with Gasteiger partial charge in [0, 0.05) is 6.42 Å². The lowest BCUT2D eigenvalue weighted by Crippen LogP contribution is -2.26. The molecule has 2 aliphatic heterocycles. The normalized spacial score (nSPS) is 34.7. The largest absolute Gasteiger partial charge is 0.393 e. The van der Waals surface area contributed by atoms with Gasteiger partial charge in [-0.05, 0) is 19.8 Å². The van der Waals surface area contributed by atoms with Crippen LogP contribution in [0, 0.1) is 0 Å². The highest BCUT2D eigenvalue weighted by Gasteiger charge is 2.44. The molecule has 0 aromatic rings. The zero-order valence-electron chi connectivity index (χ0n) is 8.62. The molecular formula is C10H18O4. The Kier molecular flexibility index (Phi) is 2.79. The first kappa shape index (κ1) is 10.4. The second-order valence-corrected chi connectivity index (χ2v) is 4.31. The van der Waals surface area contributed by atoms with Gasteiger partial charge in [0.1, 0.15) is 5.60 Å². The van der Waals surface area contributed by atoms with E-state index in [0.29, 0.717) is 19.8 Å². The van der Waals surface area contributed by atoms with E-state index in [9.17, 15) is 0 Å². The van der Waals surface area contributed by atoms with Gasteiger partial charge in [-0.2, -0.15) is 0 Å². The third-order valence-corrected chi connectivity index (χ3v) is 3.00. The van der Waals surface area contributed by atoms with Crippen LogP contribution in [0.5, 0.6) is 0 Å². The SMILES string of the molecule is CC1(CCCC2(CO)CO2)OCCO1. The van der Waals surface area contributed by atoms with Crippen LogP contribution in [0.1, 0.15) is 26.2 Å². The Morgan fingerprint density at radius 2 is 1.79 bits per heavy atom. The predicted octanol–water partition coefficient (Wildman–Crippen LogP) is 0.681. The minimum Gasteiger partial charge on any atom is -0.393 e. The van der Waals surface area contributed by atoms with Gasteiger partial charge >= 0.3 is 0 Å². The first-order chi connectivity index (χ1) is 6.68. The fraction of sp³-hybridized carbons (Fsp3) is 1.00. The lowest BCUT2D eigenvalue weighted by Gasteiger charge is -2.22. The van der Waals surface area contributed by atoms with E-state index in [0.717, 1.165) is 19.3 Å². The number of hydrogen-bond acceptors (Lipinski definition) is 4. The maximum absolute atomic E-state index is 9.03. The van der Waals surface area contributed by atoms with E-state index in [1.165, 1.54) is 0 Å². The molecule has 2 fully saturated rings. The summed E-state index contributed by atoms with van der Waals surface area (Å²) in [5, 5.41) is 9.03. The quantitative estimate of drug-likeness (QED) is 0.666. The Morgan fingerprint density at radius 3 is 2.29 bits per heavy atom. The van der Waals surface area contributed by atoms with E-state index >= 15 is 0 Å². The van der Waals surface area contributed by atoms with Crippen LogP contribution in [0.15, 0.2) is 0 Å². The van der Waals surface area contributed by atoms with Crippen LogP contribution in [0.25, 0.3) is 0 Å². The fourth-order valence-corrected chi connectivity index (χ4v) is 1.85. The van der Waals surface area contributed by atoms with Crippen LogP contribution >= 0.6 is 0 Å². The van der Waals surface area contributed by atoms with Crippen molar-refractivity contribution in [2.24, 2.45) is 0 Å². The van der Waals surface area contributed by atoms with Gasteiger partial charge < -0.3 is 19.3 Å². The molecule has 0 spiro atoms. The van der Waals surface area contributed by atoms with Crippen molar-refractivity contribution in [1.82, 2.24) is 0 Å². The molecule has 1 unspecified atom stereocenters. The van der Waals surface area contributed by atoms with Gasteiger partial charge in [-0.3, -0.25) is 0 Å². The van der Waals surface area contributed by atoms with E-state index in [2.05, 4.69) is 0 Å². The Hall–Kier alpha value is -0.160. The minimum absolute atomic E-state index is 0.130. The van der Waals surface area contributed by atoms with Crippen molar-refractivity contribution in [3.8, 4) is 0 Å². The standard InChI is InChI=1S/C10H18O4/c1-9(12-5-6-13-9)3-2-4-10(7-11)8-14-10/h11H,2-8H2,1H3. The number of hydrogen-bond donors (Lipinski definition) is 1. The lowest BCUT2D eigenvalue weighted by atomic mass is 10.0. The summed E-state index contributed by atoms with van der Waals surface area (Å²) in [4.78, 5) is 0. The fourth-order valence-electron chi connectivity index (χ4n) is 1.85. The van der Waals surface area contributed by atoms with Gasteiger partial charge in [0.05, 0.1) is 26.4 Å². The van der Waals surface area contributed by atoms with Crippen molar-refractivity contribution in [3.63, 3.8) is 0 Å². The summed E-state index contributed by atoms with van der Waals surface area (Å²) in [5.41, 5.74) is -0.227. The summed E-state index contributed by atoms with van der Waals surface area (Å²) in [7, 11) is 0. The lowest BCUT2D eigenvalue weighted by molar-refractivity contribution is -0.148. The van der Waals surface area contributed by atoms with Crippen LogP contribution in [0.4, 0.5) is 0 Å². The van der Waals surface area contributed by atoms with E-state index in [-0.39, 0.29) is 12.2 Å². The number of aliphatic hydroxyl groups excluding tert-OH is 1. The molecule has 14 heavy (non-hydrogen) atoms. The Balaban J connectivity index is 1.67. The highest BCUT2D eigenvalue weighted by atomic mass is 16.7. The molecule has 2 rings (SSSR count). The van der Waals surface area contributed by atoms with Gasteiger partial charge in [-0.1, -0.05) is 0 Å². The topological polar surface area (TPSA) is 51.2 Å². The Labute approximate surface area is 84.1 Å². The highest BCUT2D eigenvalue weighted by Crippen LogP contribution is 2.34. The average molecular weight is 202 g/mol. The van der Waals surface area contributed by atoms with Crippen molar-refractivity contribution in [3.05, 3.63) is 0 Å². The molecule has 4 nitrogen and oxygen atoms in total. The molecule has 0 aromatic heterocycles. The maximum Gasteiger partial charge on any atom is 0.165 e. The molecule has 4 heteroatoms. The summed E-state index contributed by atoms with van der Waals surface area (Å²) in [6.45, 7) is 4.18. The molecule has 1 atom stereocenters. The molecule has 0 radical (unpaired) electrons. The zero-order chi connectivity index (χ0) is 10.1. The minimum atomic E-state index is -0.397. The molecule has 2 aliphatic rings. The molecule has 2 saturated heterocycles. The van der Waals surface area contributed by atoms with Gasteiger partial charge in [0.15, 0.2) is 5.79 Å². The predicted molar refractivity (Wildman–Crippen MR) is 49.9 cm³/mol. The van der Waals surface area contributed by atoms with E-state index in [4.69, 9.17) is 19.3 Å². The molecule has 82 valence electrons. The van der Waals surface area contributed by atoms with E-state index < -0.39 is 5.79 Å². The first-order valence-corrected chi connectivity index (χ1v) is 5.21. The zero-order valence-corrected chi connectivity index (χ0v) is 8.62. The first-order valence-electron chi connectivity index (χ1n) is 5.21. The summed E-state index contributed by atoms with van der Waals surface area (Å²) in [5.74, 6) is -0.397. The van der Waals surface area contributed by atoms with Crippen molar-refractivity contribution < 1.29 is 19.3 Å². The van der Waals surface area contributed by atoms with Gasteiger partial charge in [0.2, 0.25) is 0 Å². The van der Waals surface area contributed by atoms with Crippen LogP contribution in [-0.2, 0) is 14.2 Å². The molecule has 1 N–H and O–H groups in total. The van der Waals surface area contributed by atoms with Gasteiger partial charge in [-0.15, -0.1) is 0 Å². The number of rotatable bonds is 5. The van der Waals surface area contributed by atoms with Crippen LogP contribution in [0.3, 0.4) is 0 Å². The van der Waals surface area contributed by atoms with Crippen LogP contribution < -0.4 is 0 Å². The van der Waals surface area contributed by atoms with Gasteiger partial charge in [0.25, 0.3) is 0 Å². The monoisotopic (exact) mass is 202 g/mol. The number of aliphatic hydroxyl groups is 1. The van der Waals surface area contributed by atoms with Crippen LogP contribution in [-0.4, -0.2) is 42.9 Å². The van der Waals surface area contributed by atoms with Crippen molar-refractivity contribution >= 4 is 0 Å². The third kappa shape index (κ3) is 2.25. The number of ether oxygens (including phenoxy) is 3. The molecule has 0 saturated carbocycles. The molecule has 2 heterocycles. The average Bonchev–Trinajstić information content (AvgIpc) is 2.83. The second kappa shape index (κ2) is 3.77. The summed E-state index contributed by atoms with van der Waals surface area (Å²) >= 11 is 0. The van der Waals surface area contributed by atoms with E-state index in [1.807, 2.05) is 6.92 Å². The maximum atomic E-state index is 9.03. The van der Waals surface area contributed by atoms with Gasteiger partial charge in [-0.25, -0.2) is 0 Å². The van der Waals surface area contributed by atoms with Crippen molar-refractivity contribution in [1.29, 1.82) is 0 Å². The molecule has 0 amide bonds. The summed E-state index contributed by atoms with van der Waals surface area (Å²) in [6.07, 6.45) is 2.74. The van der Waals surface area contributed by atoms with Crippen LogP contribution in [0.2, 0.25) is 0 Å².